The first-order chi connectivity index (χ1) is 19.9. The Morgan fingerprint density at radius 2 is 1.64 bits per heavy atom. The number of anilines is 1. The fraction of sp³-hybridized carbons (Fsp3) is 0.267. The molecule has 0 radical (unpaired) electrons. The third kappa shape index (κ3) is 10.4. The molecule has 3 aromatic rings. The maximum Gasteiger partial charge on any atom is 0.490 e. The average molecular weight is 591 g/mol. The summed E-state index contributed by atoms with van der Waals surface area (Å²) in [6.45, 7) is 2.38. The molecule has 0 saturated carbocycles. The number of phenols is 1. The van der Waals surface area contributed by atoms with E-state index in [-0.39, 0.29) is 18.6 Å². The summed E-state index contributed by atoms with van der Waals surface area (Å²) >= 11 is 0. The molecule has 42 heavy (non-hydrogen) atoms. The smallest absolute Gasteiger partial charge is 0.490 e. The number of nitrogens with one attached hydrogen (secondary N) is 1. The lowest BCUT2D eigenvalue weighted by Gasteiger charge is -2.29. The van der Waals surface area contributed by atoms with Gasteiger partial charge in [0.15, 0.2) is 11.6 Å². The molecule has 1 heterocycles. The molecule has 8 nitrogen and oxygen atoms in total. The van der Waals surface area contributed by atoms with Crippen molar-refractivity contribution in [2.75, 3.05) is 25.5 Å². The van der Waals surface area contributed by atoms with Crippen molar-refractivity contribution in [3.8, 4) is 17.2 Å². The molecule has 0 aromatic heterocycles. The van der Waals surface area contributed by atoms with E-state index in [0.717, 1.165) is 43.3 Å². The van der Waals surface area contributed by atoms with Crippen LogP contribution in [-0.4, -0.2) is 59.4 Å². The molecule has 1 amide bonds. The molecule has 4 rings (SSSR count). The van der Waals surface area contributed by atoms with Gasteiger partial charge in [-0.1, -0.05) is 24.3 Å². The second-order valence-corrected chi connectivity index (χ2v) is 9.37. The van der Waals surface area contributed by atoms with E-state index < -0.39 is 23.7 Å². The number of alkyl halides is 3. The molecule has 0 bridgehead atoms. The summed E-state index contributed by atoms with van der Waals surface area (Å²) in [4.78, 5) is 23.6. The van der Waals surface area contributed by atoms with Gasteiger partial charge in [0.05, 0.1) is 0 Å². The summed E-state index contributed by atoms with van der Waals surface area (Å²) in [7, 11) is 2.13. The highest BCUT2D eigenvalue weighted by molar-refractivity contribution is 6.02. The van der Waals surface area contributed by atoms with Crippen molar-refractivity contribution >= 4 is 23.6 Å². The largest absolute Gasteiger partial charge is 0.505 e. The van der Waals surface area contributed by atoms with Crippen LogP contribution < -0.4 is 14.8 Å². The van der Waals surface area contributed by atoms with Crippen LogP contribution in [0.25, 0.3) is 6.08 Å². The Hall–Kier alpha value is -4.58. The lowest BCUT2D eigenvalue weighted by molar-refractivity contribution is -0.192. The maximum absolute atomic E-state index is 13.2. The van der Waals surface area contributed by atoms with Gasteiger partial charge in [-0.15, -0.1) is 0 Å². The highest BCUT2D eigenvalue weighted by atomic mass is 19.4. The van der Waals surface area contributed by atoms with Crippen LogP contribution in [-0.2, 0) is 16.2 Å². The van der Waals surface area contributed by atoms with Gasteiger partial charge >= 0.3 is 12.1 Å². The molecule has 1 aliphatic heterocycles. The summed E-state index contributed by atoms with van der Waals surface area (Å²) in [6.07, 6.45) is 0.0460. The van der Waals surface area contributed by atoms with Crippen LogP contribution in [0.4, 0.5) is 23.2 Å². The van der Waals surface area contributed by atoms with Crippen LogP contribution in [0.1, 0.15) is 24.0 Å². The maximum atomic E-state index is 13.2. The van der Waals surface area contributed by atoms with Gasteiger partial charge in [0.1, 0.15) is 24.2 Å². The number of ether oxygens (including phenoxy) is 2. The van der Waals surface area contributed by atoms with Crippen molar-refractivity contribution in [3.05, 3.63) is 89.8 Å². The number of nitrogens with zero attached hydrogens (tertiary/aromatic N) is 1. The molecule has 1 fully saturated rings. The van der Waals surface area contributed by atoms with Crippen LogP contribution in [0.5, 0.6) is 17.2 Å². The highest BCUT2D eigenvalue weighted by Gasteiger charge is 2.38. The van der Waals surface area contributed by atoms with Crippen molar-refractivity contribution in [2.24, 2.45) is 0 Å². The van der Waals surface area contributed by atoms with Crippen LogP contribution in [0.2, 0.25) is 0 Å². The summed E-state index contributed by atoms with van der Waals surface area (Å²) in [5.41, 5.74) is 1.96. The molecule has 0 aliphatic carbocycles. The molecular weight excluding hydrogens is 560 g/mol. The van der Waals surface area contributed by atoms with Gasteiger partial charge in [0, 0.05) is 30.4 Å². The first kappa shape index (κ1) is 31.9. The summed E-state index contributed by atoms with van der Waals surface area (Å²) in [6, 6.07) is 18.9. The van der Waals surface area contributed by atoms with E-state index in [1.54, 1.807) is 6.07 Å². The Labute approximate surface area is 239 Å². The third-order valence-electron chi connectivity index (χ3n) is 6.10. The monoisotopic (exact) mass is 590 g/mol. The number of carbonyl (C=O) groups is 2. The Bertz CT molecular complexity index is 1370. The third-order valence-corrected chi connectivity index (χ3v) is 6.10. The Kier molecular flexibility index (Phi) is 11.3. The van der Waals surface area contributed by atoms with Crippen LogP contribution in [0.3, 0.4) is 0 Å². The SMILES string of the molecule is CN1CCC(Oc2ccc(OCc3ccccc3NC(=O)/C=C/c3ccc(F)c(O)c3)cc2)CC1.O=C(O)C(F)(F)F. The molecule has 0 unspecified atom stereocenters. The number of benzene rings is 3. The van der Waals surface area contributed by atoms with Gasteiger partial charge in [-0.3, -0.25) is 4.79 Å². The van der Waals surface area contributed by atoms with Gasteiger partial charge in [0.25, 0.3) is 0 Å². The minimum Gasteiger partial charge on any atom is -0.505 e. The Morgan fingerprint density at radius 3 is 2.26 bits per heavy atom. The summed E-state index contributed by atoms with van der Waals surface area (Å²) < 4.78 is 56.9. The number of hydrogen-bond acceptors (Lipinski definition) is 6. The van der Waals surface area contributed by atoms with Crippen LogP contribution in [0, 0.1) is 5.82 Å². The second kappa shape index (κ2) is 14.9. The first-order valence-electron chi connectivity index (χ1n) is 12.8. The molecule has 0 atom stereocenters. The minimum absolute atomic E-state index is 0.247. The predicted molar refractivity (Wildman–Crippen MR) is 148 cm³/mol. The molecule has 1 aliphatic rings. The number of para-hydroxylation sites is 1. The van der Waals surface area contributed by atoms with Gasteiger partial charge in [0.2, 0.25) is 5.91 Å². The molecule has 3 N–H and O–H groups in total. The normalized spacial score (nSPS) is 14.1. The Balaban J connectivity index is 0.000000616. The number of aliphatic carboxylic acids is 1. The number of halogens is 4. The zero-order valence-electron chi connectivity index (χ0n) is 22.6. The van der Waals surface area contributed by atoms with Gasteiger partial charge in [-0.05, 0) is 74.0 Å². The van der Waals surface area contributed by atoms with Crippen molar-refractivity contribution in [3.63, 3.8) is 0 Å². The molecule has 224 valence electrons. The number of carboxylic acid groups (broad SMARTS) is 1. The van der Waals surface area contributed by atoms with Crippen molar-refractivity contribution < 1.29 is 46.8 Å². The fourth-order valence-electron chi connectivity index (χ4n) is 3.82. The number of rotatable bonds is 8. The second-order valence-electron chi connectivity index (χ2n) is 9.37. The van der Waals surface area contributed by atoms with E-state index in [0.29, 0.717) is 17.0 Å². The van der Waals surface area contributed by atoms with E-state index in [9.17, 15) is 27.5 Å². The van der Waals surface area contributed by atoms with Gasteiger partial charge in [-0.25, -0.2) is 9.18 Å². The Morgan fingerprint density at radius 1 is 1.02 bits per heavy atom. The zero-order chi connectivity index (χ0) is 30.7. The molecule has 12 heteroatoms. The van der Waals surface area contributed by atoms with Crippen LogP contribution in [0.15, 0.2) is 72.8 Å². The van der Waals surface area contributed by atoms with E-state index in [1.807, 2.05) is 42.5 Å². The standard InChI is InChI=1S/C28H29FN2O4.C2HF3O2/c1-31-16-14-24(15-17-31)35-23-10-8-22(9-11-23)34-19-21-4-2-3-5-26(21)30-28(33)13-7-20-6-12-25(29)27(32)18-20;3-2(4,5)1(6)7/h2-13,18,24,32H,14-17,19H2,1H3,(H,30,33);(H,6,7)/b13-7+;. The van der Waals surface area contributed by atoms with E-state index in [1.165, 1.54) is 24.3 Å². The fourth-order valence-corrected chi connectivity index (χ4v) is 3.82. The number of aromatic hydroxyl groups is 1. The first-order valence-corrected chi connectivity index (χ1v) is 12.8. The number of piperidine rings is 1. The number of likely N-dealkylation sites (tertiary alicyclic amines) is 1. The van der Waals surface area contributed by atoms with Crippen molar-refractivity contribution in [2.45, 2.75) is 31.7 Å². The van der Waals surface area contributed by atoms with Crippen molar-refractivity contribution in [1.29, 1.82) is 0 Å². The van der Waals surface area contributed by atoms with E-state index in [2.05, 4.69) is 17.3 Å². The number of hydrogen-bond donors (Lipinski definition) is 3. The van der Waals surface area contributed by atoms with E-state index >= 15 is 0 Å². The van der Waals surface area contributed by atoms with Gasteiger partial charge in [-0.2, -0.15) is 13.2 Å². The predicted octanol–water partition coefficient (Wildman–Crippen LogP) is 5.87. The highest BCUT2D eigenvalue weighted by Crippen LogP contribution is 2.24. The van der Waals surface area contributed by atoms with Gasteiger partial charge < -0.3 is 29.9 Å². The quantitative estimate of drug-likeness (QED) is 0.223. The number of carbonyl (C=O) groups excluding carboxylic acids is 1. The van der Waals surface area contributed by atoms with Crippen LogP contribution >= 0.6 is 0 Å². The lowest BCUT2D eigenvalue weighted by Crippen LogP contribution is -2.35. The van der Waals surface area contributed by atoms with Crippen molar-refractivity contribution in [1.82, 2.24) is 4.90 Å². The number of amides is 1. The summed E-state index contributed by atoms with van der Waals surface area (Å²) in [5, 5.41) is 19.4. The number of carboxylic acids is 1. The number of phenolic OH excluding ortho intramolecular Hbond substituents is 1. The molecule has 3 aromatic carbocycles. The average Bonchev–Trinajstić information content (AvgIpc) is 2.95. The minimum atomic E-state index is -5.08. The molecular formula is C30H30F4N2O6. The molecule has 0 spiro atoms. The topological polar surface area (TPSA) is 108 Å². The summed E-state index contributed by atoms with van der Waals surface area (Å²) in [5.74, 6) is -2.74. The lowest BCUT2D eigenvalue weighted by atomic mass is 10.1. The van der Waals surface area contributed by atoms with E-state index in [4.69, 9.17) is 19.4 Å². The zero-order valence-corrected chi connectivity index (χ0v) is 22.6. The molecule has 1 saturated heterocycles.